The number of hydrogen-bond donors (Lipinski definition) is 1. The fraction of sp³-hybridized carbons (Fsp3) is 0.154. The minimum absolute atomic E-state index is 0.0115. The first kappa shape index (κ1) is 13.5. The van der Waals surface area contributed by atoms with E-state index in [1.165, 1.54) is 31.2 Å². The Kier molecular flexibility index (Phi) is 3.80. The van der Waals surface area contributed by atoms with Crippen LogP contribution in [0.1, 0.15) is 21.9 Å². The molecule has 0 radical (unpaired) electrons. The van der Waals surface area contributed by atoms with E-state index in [1.807, 2.05) is 0 Å². The molecule has 1 atom stereocenters. The highest BCUT2D eigenvalue weighted by Crippen LogP contribution is 2.19. The quantitative estimate of drug-likeness (QED) is 0.936. The second-order valence-corrected chi connectivity index (χ2v) is 5.39. The first-order valence-electron chi connectivity index (χ1n) is 5.44. The van der Waals surface area contributed by atoms with Crippen LogP contribution in [0.4, 0.5) is 4.39 Å². The number of carboxylic acids is 1. The van der Waals surface area contributed by atoms with Gasteiger partial charge in [-0.25, -0.2) is 9.18 Å². The monoisotopic (exact) mass is 282 g/mol. The van der Waals surface area contributed by atoms with Gasteiger partial charge in [0.2, 0.25) is 0 Å². The van der Waals surface area contributed by atoms with E-state index in [1.54, 1.807) is 6.07 Å². The molecule has 100 valence electrons. The van der Waals surface area contributed by atoms with Gasteiger partial charge in [-0.1, -0.05) is 6.07 Å². The van der Waals surface area contributed by atoms with Crippen LogP contribution < -0.4 is 0 Å². The van der Waals surface area contributed by atoms with Crippen LogP contribution in [0.15, 0.2) is 39.6 Å². The van der Waals surface area contributed by atoms with E-state index in [4.69, 9.17) is 9.52 Å². The number of carbonyl (C=O) groups is 1. The first-order valence-corrected chi connectivity index (χ1v) is 6.76. The fourth-order valence-corrected chi connectivity index (χ4v) is 2.69. The second-order valence-electron chi connectivity index (χ2n) is 3.93. The number of furan rings is 1. The van der Waals surface area contributed by atoms with E-state index in [9.17, 15) is 13.4 Å². The highest BCUT2D eigenvalue weighted by Gasteiger charge is 2.16. The van der Waals surface area contributed by atoms with Crippen molar-refractivity contribution in [2.75, 3.05) is 0 Å². The molecule has 2 rings (SSSR count). The highest BCUT2D eigenvalue weighted by atomic mass is 32.2. The van der Waals surface area contributed by atoms with Gasteiger partial charge in [0.1, 0.15) is 22.9 Å². The molecule has 2 aromatic rings. The first-order chi connectivity index (χ1) is 8.97. The summed E-state index contributed by atoms with van der Waals surface area (Å²) >= 11 is 0. The van der Waals surface area contributed by atoms with E-state index in [-0.39, 0.29) is 17.1 Å². The summed E-state index contributed by atoms with van der Waals surface area (Å²) in [5.41, 5.74) is 0.0474. The average Bonchev–Trinajstić information content (AvgIpc) is 2.70. The van der Waals surface area contributed by atoms with Crippen molar-refractivity contribution in [3.63, 3.8) is 0 Å². The van der Waals surface area contributed by atoms with E-state index >= 15 is 0 Å². The number of aryl methyl sites for hydroxylation is 1. The van der Waals surface area contributed by atoms with Crippen molar-refractivity contribution in [2.45, 2.75) is 17.6 Å². The summed E-state index contributed by atoms with van der Waals surface area (Å²) in [5.74, 6) is -0.981. The van der Waals surface area contributed by atoms with Crippen LogP contribution in [0.2, 0.25) is 0 Å². The maximum atomic E-state index is 13.0. The Morgan fingerprint density at radius 2 is 2.16 bits per heavy atom. The van der Waals surface area contributed by atoms with Gasteiger partial charge in [0, 0.05) is 4.90 Å². The molecule has 4 nitrogen and oxygen atoms in total. The Morgan fingerprint density at radius 1 is 1.42 bits per heavy atom. The highest BCUT2D eigenvalue weighted by molar-refractivity contribution is 7.84. The molecule has 0 bridgehead atoms. The van der Waals surface area contributed by atoms with E-state index in [0.29, 0.717) is 10.7 Å². The van der Waals surface area contributed by atoms with Gasteiger partial charge in [-0.3, -0.25) is 4.21 Å². The summed E-state index contributed by atoms with van der Waals surface area (Å²) in [7, 11) is -1.48. The third kappa shape index (κ3) is 3.08. The minimum Gasteiger partial charge on any atom is -0.478 e. The molecule has 0 fully saturated rings. The number of rotatable bonds is 4. The molecule has 0 spiro atoms. The molecule has 0 aliphatic rings. The molecule has 0 aliphatic heterocycles. The lowest BCUT2D eigenvalue weighted by Crippen LogP contribution is -1.97. The smallest absolute Gasteiger partial charge is 0.339 e. The summed E-state index contributed by atoms with van der Waals surface area (Å²) in [4.78, 5) is 11.2. The Balaban J connectivity index is 2.20. The van der Waals surface area contributed by atoms with Gasteiger partial charge < -0.3 is 9.52 Å². The maximum absolute atomic E-state index is 13.0. The maximum Gasteiger partial charge on any atom is 0.339 e. The second kappa shape index (κ2) is 5.36. The zero-order valence-corrected chi connectivity index (χ0v) is 10.9. The van der Waals surface area contributed by atoms with Crippen LogP contribution in [-0.4, -0.2) is 15.3 Å². The van der Waals surface area contributed by atoms with E-state index in [2.05, 4.69) is 0 Å². The SMILES string of the molecule is Cc1oc(CS(=O)c2cccc(F)c2)cc1C(=O)O. The summed E-state index contributed by atoms with van der Waals surface area (Å²) in [5, 5.41) is 8.88. The molecule has 1 unspecified atom stereocenters. The summed E-state index contributed by atoms with van der Waals surface area (Å²) < 4.78 is 30.2. The number of carboxylic acid groups (broad SMARTS) is 1. The standard InChI is InChI=1S/C13H11FO4S/c1-8-12(13(15)16)6-10(18-8)7-19(17)11-4-2-3-9(14)5-11/h2-6H,7H2,1H3,(H,15,16). The van der Waals surface area contributed by atoms with Crippen molar-refractivity contribution in [1.29, 1.82) is 0 Å². The van der Waals surface area contributed by atoms with Crippen LogP contribution in [0.3, 0.4) is 0 Å². The lowest BCUT2D eigenvalue weighted by atomic mass is 10.2. The summed E-state index contributed by atoms with van der Waals surface area (Å²) in [6.07, 6.45) is 0. The van der Waals surface area contributed by atoms with Gasteiger partial charge in [0.25, 0.3) is 0 Å². The van der Waals surface area contributed by atoms with E-state index < -0.39 is 22.6 Å². The van der Waals surface area contributed by atoms with Gasteiger partial charge in [0.15, 0.2) is 0 Å². The largest absolute Gasteiger partial charge is 0.478 e. The molecular formula is C13H11FO4S. The number of hydrogen-bond acceptors (Lipinski definition) is 3. The van der Waals surface area contributed by atoms with Crippen molar-refractivity contribution >= 4 is 16.8 Å². The number of aromatic carboxylic acids is 1. The minimum atomic E-state index is -1.48. The van der Waals surface area contributed by atoms with Crippen molar-refractivity contribution in [2.24, 2.45) is 0 Å². The average molecular weight is 282 g/mol. The normalized spacial score (nSPS) is 12.3. The Labute approximate surface area is 111 Å². The van der Waals surface area contributed by atoms with Crippen molar-refractivity contribution in [3.05, 3.63) is 53.2 Å². The molecule has 1 N–H and O–H groups in total. The van der Waals surface area contributed by atoms with E-state index in [0.717, 1.165) is 0 Å². The van der Waals surface area contributed by atoms with Gasteiger partial charge in [-0.2, -0.15) is 0 Å². The molecule has 1 heterocycles. The van der Waals surface area contributed by atoms with Crippen LogP contribution in [0, 0.1) is 12.7 Å². The summed E-state index contributed by atoms with van der Waals surface area (Å²) in [6, 6.07) is 6.81. The van der Waals surface area contributed by atoms with Crippen LogP contribution in [-0.2, 0) is 16.6 Å². The molecule has 6 heteroatoms. The fourth-order valence-electron chi connectivity index (χ4n) is 1.65. The van der Waals surface area contributed by atoms with Crippen LogP contribution in [0.5, 0.6) is 0 Å². The number of halogens is 1. The predicted molar refractivity (Wildman–Crippen MR) is 66.9 cm³/mol. The van der Waals surface area contributed by atoms with Gasteiger partial charge in [0.05, 0.1) is 16.6 Å². The Morgan fingerprint density at radius 3 is 2.74 bits per heavy atom. The molecule has 19 heavy (non-hydrogen) atoms. The van der Waals surface area contributed by atoms with Gasteiger partial charge in [-0.15, -0.1) is 0 Å². The van der Waals surface area contributed by atoms with Crippen molar-refractivity contribution < 1.29 is 22.9 Å². The van der Waals surface area contributed by atoms with Crippen LogP contribution >= 0.6 is 0 Å². The Hall–Kier alpha value is -1.95. The predicted octanol–water partition coefficient (Wildman–Crippen LogP) is 2.73. The lowest BCUT2D eigenvalue weighted by Gasteiger charge is -2.00. The molecule has 0 aliphatic carbocycles. The molecular weight excluding hydrogens is 271 g/mol. The Bertz CT molecular complexity index is 648. The van der Waals surface area contributed by atoms with Gasteiger partial charge in [-0.05, 0) is 31.2 Å². The zero-order chi connectivity index (χ0) is 14.0. The molecule has 0 saturated carbocycles. The van der Waals surface area contributed by atoms with Crippen LogP contribution in [0.25, 0.3) is 0 Å². The third-order valence-corrected chi connectivity index (χ3v) is 3.86. The zero-order valence-electron chi connectivity index (χ0n) is 10.1. The lowest BCUT2D eigenvalue weighted by molar-refractivity contribution is 0.0695. The molecule has 1 aromatic heterocycles. The topological polar surface area (TPSA) is 67.5 Å². The number of benzene rings is 1. The molecule has 0 saturated heterocycles. The third-order valence-electron chi connectivity index (χ3n) is 2.53. The molecule has 1 aromatic carbocycles. The summed E-state index contributed by atoms with van der Waals surface area (Å²) in [6.45, 7) is 1.53. The van der Waals surface area contributed by atoms with Crippen molar-refractivity contribution in [3.8, 4) is 0 Å². The van der Waals surface area contributed by atoms with Crippen molar-refractivity contribution in [1.82, 2.24) is 0 Å². The van der Waals surface area contributed by atoms with Gasteiger partial charge >= 0.3 is 5.97 Å². The molecule has 0 amide bonds.